The molecule has 0 saturated heterocycles. The molecular weight excluding hydrogens is 468 g/mol. The number of hydrogen-bond donors (Lipinski definition) is 2. The summed E-state index contributed by atoms with van der Waals surface area (Å²) in [5, 5.41) is 7.54. The highest BCUT2D eigenvalue weighted by atomic mass is 16.5. The number of ether oxygens (including phenoxy) is 2. The van der Waals surface area contributed by atoms with Crippen LogP contribution < -0.4 is 15.4 Å². The van der Waals surface area contributed by atoms with Crippen molar-refractivity contribution >= 4 is 45.2 Å². The van der Waals surface area contributed by atoms with Gasteiger partial charge in [-0.15, -0.1) is 0 Å². The van der Waals surface area contributed by atoms with Crippen molar-refractivity contribution in [1.29, 1.82) is 0 Å². The number of nitrogens with zero attached hydrogens (tertiary/aromatic N) is 4. The second kappa shape index (κ2) is 8.77. The Morgan fingerprint density at radius 2 is 1.70 bits per heavy atom. The molecule has 0 radical (unpaired) electrons. The molecule has 186 valence electrons. The van der Waals surface area contributed by atoms with E-state index in [0.717, 1.165) is 39.1 Å². The molecule has 2 N–H and O–H groups in total. The Hall–Kier alpha value is -4.66. The van der Waals surface area contributed by atoms with Gasteiger partial charge in [-0.1, -0.05) is 0 Å². The molecule has 0 atom stereocenters. The van der Waals surface area contributed by atoms with Gasteiger partial charge in [0.1, 0.15) is 35.8 Å². The maximum absolute atomic E-state index is 6.12. The molecule has 0 aliphatic carbocycles. The van der Waals surface area contributed by atoms with E-state index in [4.69, 9.17) is 13.9 Å². The first-order valence-electron chi connectivity index (χ1n) is 12.0. The Morgan fingerprint density at radius 1 is 0.892 bits per heavy atom. The average molecular weight is 495 g/mol. The van der Waals surface area contributed by atoms with Crippen molar-refractivity contribution in [2.24, 2.45) is 4.99 Å². The summed E-state index contributed by atoms with van der Waals surface area (Å²) in [4.78, 5) is 17.8. The summed E-state index contributed by atoms with van der Waals surface area (Å²) in [6.45, 7) is 8.44. The van der Waals surface area contributed by atoms with E-state index in [9.17, 15) is 0 Å². The van der Waals surface area contributed by atoms with Gasteiger partial charge in [-0.2, -0.15) is 0 Å². The van der Waals surface area contributed by atoms with Crippen LogP contribution in [-0.2, 0) is 4.74 Å². The maximum atomic E-state index is 6.12. The smallest absolute Gasteiger partial charge is 0.289 e. The van der Waals surface area contributed by atoms with Crippen molar-refractivity contribution in [3.05, 3.63) is 72.4 Å². The lowest BCUT2D eigenvalue weighted by Gasteiger charge is -2.13. The largest absolute Gasteiger partial charge is 0.462 e. The van der Waals surface area contributed by atoms with Crippen LogP contribution in [0.3, 0.4) is 0 Å². The first-order valence-corrected chi connectivity index (χ1v) is 12.0. The number of fused-ring (bicyclic) bond motifs is 2. The van der Waals surface area contributed by atoms with E-state index in [1.165, 1.54) is 0 Å². The van der Waals surface area contributed by atoms with Gasteiger partial charge < -0.3 is 24.5 Å². The molecule has 3 heterocycles. The fourth-order valence-electron chi connectivity index (χ4n) is 4.19. The van der Waals surface area contributed by atoms with E-state index in [1.807, 2.05) is 82.3 Å². The zero-order valence-corrected chi connectivity index (χ0v) is 21.0. The second-order valence-electron chi connectivity index (χ2n) is 9.67. The minimum atomic E-state index is -0.232. The molecular formula is C28H26N6O3. The number of hydrogen-bond acceptors (Lipinski definition) is 9. The summed E-state index contributed by atoms with van der Waals surface area (Å²) in [6.07, 6.45) is 1.55. The Kier molecular flexibility index (Phi) is 5.40. The molecule has 0 unspecified atom stereocenters. The summed E-state index contributed by atoms with van der Waals surface area (Å²) in [5.41, 5.74) is 4.81. The van der Waals surface area contributed by atoms with Crippen LogP contribution in [0, 0.1) is 13.8 Å². The molecule has 37 heavy (non-hydrogen) atoms. The van der Waals surface area contributed by atoms with Crippen LogP contribution in [0.5, 0.6) is 11.5 Å². The fourth-order valence-corrected chi connectivity index (χ4v) is 4.19. The van der Waals surface area contributed by atoms with Gasteiger partial charge in [-0.25, -0.2) is 19.9 Å². The molecule has 9 heteroatoms. The molecule has 3 aromatic carbocycles. The van der Waals surface area contributed by atoms with E-state index in [-0.39, 0.29) is 5.54 Å². The standard InChI is InChI=1S/C28H26N6O3/c1-16-11-18(6-10-24(16)37-20-7-9-23-25(13-20)36-17(2)31-23)32-26-21-12-19(5-8-22(21)29-15-30-26)33-27-34-28(3,4)14-35-27/h5-13,15H,14H2,1-4H3,(H,33,34)(H,29,30,32). The van der Waals surface area contributed by atoms with Gasteiger partial charge in [0.15, 0.2) is 11.5 Å². The number of benzene rings is 3. The second-order valence-corrected chi connectivity index (χ2v) is 9.67. The average Bonchev–Trinajstić information content (AvgIpc) is 3.40. The quantitative estimate of drug-likeness (QED) is 0.285. The zero-order chi connectivity index (χ0) is 25.6. The normalized spacial score (nSPS) is 14.4. The van der Waals surface area contributed by atoms with Crippen LogP contribution in [0.25, 0.3) is 22.0 Å². The topological polar surface area (TPSA) is 107 Å². The minimum Gasteiger partial charge on any atom is -0.462 e. The van der Waals surface area contributed by atoms with Gasteiger partial charge in [0, 0.05) is 29.8 Å². The molecule has 0 spiro atoms. The summed E-state index contributed by atoms with van der Waals surface area (Å²) < 4.78 is 17.4. The van der Waals surface area contributed by atoms with Gasteiger partial charge in [-0.3, -0.25) is 0 Å². The molecule has 0 saturated carbocycles. The van der Waals surface area contributed by atoms with Gasteiger partial charge in [-0.05, 0) is 74.9 Å². The van der Waals surface area contributed by atoms with Crippen LogP contribution in [0.2, 0.25) is 0 Å². The van der Waals surface area contributed by atoms with Crippen LogP contribution in [0.1, 0.15) is 25.3 Å². The van der Waals surface area contributed by atoms with Crippen molar-refractivity contribution < 1.29 is 13.9 Å². The predicted molar refractivity (Wildman–Crippen MR) is 144 cm³/mol. The number of anilines is 3. The number of amidine groups is 1. The molecule has 5 aromatic rings. The minimum absolute atomic E-state index is 0.232. The zero-order valence-electron chi connectivity index (χ0n) is 21.0. The molecule has 0 bridgehead atoms. The Balaban J connectivity index is 1.23. The van der Waals surface area contributed by atoms with Crippen LogP contribution >= 0.6 is 0 Å². The number of oxazole rings is 1. The monoisotopic (exact) mass is 494 g/mol. The van der Waals surface area contributed by atoms with E-state index in [0.29, 0.717) is 35.7 Å². The predicted octanol–water partition coefficient (Wildman–Crippen LogP) is 6.50. The number of rotatable bonds is 5. The number of aromatic nitrogens is 3. The van der Waals surface area contributed by atoms with E-state index < -0.39 is 0 Å². The van der Waals surface area contributed by atoms with Crippen molar-refractivity contribution in [3.8, 4) is 11.5 Å². The third-order valence-corrected chi connectivity index (χ3v) is 5.99. The van der Waals surface area contributed by atoms with E-state index >= 15 is 0 Å². The summed E-state index contributed by atoms with van der Waals surface area (Å²) >= 11 is 0. The van der Waals surface area contributed by atoms with Crippen LogP contribution in [-0.4, -0.2) is 33.1 Å². The molecule has 0 fully saturated rings. The van der Waals surface area contributed by atoms with Crippen molar-refractivity contribution in [3.63, 3.8) is 0 Å². The number of aryl methyl sites for hydroxylation is 2. The lowest BCUT2D eigenvalue weighted by molar-refractivity contribution is 0.278. The summed E-state index contributed by atoms with van der Waals surface area (Å²) in [7, 11) is 0. The highest BCUT2D eigenvalue weighted by Crippen LogP contribution is 2.32. The SMILES string of the molecule is Cc1nc2ccc(Oc3ccc(Nc4ncnc5ccc(NC6=NC(C)(C)CO6)cc45)cc3C)cc2o1. The number of aliphatic imine (C=N–C) groups is 1. The Labute approximate surface area is 213 Å². The van der Waals surface area contributed by atoms with Crippen molar-refractivity contribution in [1.82, 2.24) is 15.0 Å². The molecule has 2 aromatic heterocycles. The molecule has 1 aliphatic rings. The molecule has 6 rings (SSSR count). The van der Waals surface area contributed by atoms with Crippen LogP contribution in [0.4, 0.5) is 17.2 Å². The highest BCUT2D eigenvalue weighted by Gasteiger charge is 2.26. The molecule has 0 amide bonds. The lowest BCUT2D eigenvalue weighted by Crippen LogP contribution is -2.17. The van der Waals surface area contributed by atoms with Crippen molar-refractivity contribution in [2.75, 3.05) is 17.2 Å². The third-order valence-electron chi connectivity index (χ3n) is 5.99. The van der Waals surface area contributed by atoms with Crippen LogP contribution in [0.15, 0.2) is 70.3 Å². The van der Waals surface area contributed by atoms with E-state index in [2.05, 4.69) is 30.6 Å². The van der Waals surface area contributed by atoms with Gasteiger partial charge in [0.05, 0.1) is 11.1 Å². The fraction of sp³-hybridized carbons (Fsp3) is 0.214. The molecule has 1 aliphatic heterocycles. The maximum Gasteiger partial charge on any atom is 0.289 e. The van der Waals surface area contributed by atoms with Gasteiger partial charge in [0.2, 0.25) is 0 Å². The third kappa shape index (κ3) is 4.75. The van der Waals surface area contributed by atoms with E-state index in [1.54, 1.807) is 6.33 Å². The number of nitrogens with one attached hydrogen (secondary N) is 2. The van der Waals surface area contributed by atoms with Gasteiger partial charge in [0.25, 0.3) is 6.02 Å². The summed E-state index contributed by atoms with van der Waals surface area (Å²) in [6, 6.07) is 17.9. The first-order chi connectivity index (χ1) is 17.8. The first kappa shape index (κ1) is 22.8. The molecule has 9 nitrogen and oxygen atoms in total. The lowest BCUT2D eigenvalue weighted by atomic mass is 10.1. The Morgan fingerprint density at radius 3 is 2.51 bits per heavy atom. The highest BCUT2D eigenvalue weighted by molar-refractivity contribution is 5.97. The van der Waals surface area contributed by atoms with Crippen molar-refractivity contribution in [2.45, 2.75) is 33.2 Å². The summed E-state index contributed by atoms with van der Waals surface area (Å²) in [5.74, 6) is 2.76. The Bertz CT molecular complexity index is 1670. The van der Waals surface area contributed by atoms with Gasteiger partial charge >= 0.3 is 0 Å².